The molecule has 3 unspecified atom stereocenters. The van der Waals surface area contributed by atoms with Gasteiger partial charge >= 0.3 is 0 Å². The van der Waals surface area contributed by atoms with Crippen molar-refractivity contribution in [3.8, 4) is 0 Å². The molecule has 0 fully saturated rings. The first-order valence-corrected chi connectivity index (χ1v) is 9.87. The van der Waals surface area contributed by atoms with Crippen LogP contribution < -0.4 is 11.1 Å². The Morgan fingerprint density at radius 3 is 2.00 bits per heavy atom. The zero-order valence-electron chi connectivity index (χ0n) is 17.9. The van der Waals surface area contributed by atoms with Gasteiger partial charge in [0.1, 0.15) is 17.4 Å². The normalized spacial score (nSPS) is 14.2. The number of amides is 1. The second-order valence-electron chi connectivity index (χ2n) is 6.61. The molecule has 0 spiro atoms. The third-order valence-electron chi connectivity index (χ3n) is 4.15. The monoisotopic (exact) mass is 488 g/mol. The van der Waals surface area contributed by atoms with Crippen LogP contribution in [-0.4, -0.2) is 92.5 Å². The van der Waals surface area contributed by atoms with Gasteiger partial charge in [-0.15, -0.1) is 0 Å². The van der Waals surface area contributed by atoms with E-state index in [4.69, 9.17) is 34.9 Å². The van der Waals surface area contributed by atoms with Crippen molar-refractivity contribution in [1.29, 1.82) is 0 Å². The SMILES string of the molecule is CC(O)C(CO)OC(CO)OCCOCCOCCNC(=O)c1c(F)c(F)c(N)c(F)c1F. The molecule has 6 N–H and O–H groups in total. The number of hydrogen-bond donors (Lipinski definition) is 5. The van der Waals surface area contributed by atoms with Crippen LogP contribution in [0.2, 0.25) is 0 Å². The summed E-state index contributed by atoms with van der Waals surface area (Å²) in [5.41, 5.74) is 2.09. The lowest BCUT2D eigenvalue weighted by molar-refractivity contribution is -0.215. The number of rotatable bonds is 16. The summed E-state index contributed by atoms with van der Waals surface area (Å²) in [6, 6.07) is 0. The van der Waals surface area contributed by atoms with E-state index < -0.39 is 72.1 Å². The minimum atomic E-state index is -1.90. The maximum absolute atomic E-state index is 13.7. The fourth-order valence-corrected chi connectivity index (χ4v) is 2.37. The molecular formula is C19H28F4N2O8. The topological polar surface area (TPSA) is 153 Å². The molecule has 1 amide bonds. The van der Waals surface area contributed by atoms with Crippen molar-refractivity contribution in [1.82, 2.24) is 5.32 Å². The van der Waals surface area contributed by atoms with Crippen LogP contribution in [0.4, 0.5) is 23.2 Å². The molecular weight excluding hydrogens is 460 g/mol. The number of carbonyl (C=O) groups excluding carboxylic acids is 1. The number of carbonyl (C=O) groups is 1. The predicted molar refractivity (Wildman–Crippen MR) is 105 cm³/mol. The van der Waals surface area contributed by atoms with Crippen LogP contribution in [0, 0.1) is 23.3 Å². The van der Waals surface area contributed by atoms with E-state index in [1.807, 2.05) is 0 Å². The fraction of sp³-hybridized carbons (Fsp3) is 0.632. The highest BCUT2D eigenvalue weighted by molar-refractivity contribution is 5.95. The third-order valence-corrected chi connectivity index (χ3v) is 4.15. The van der Waals surface area contributed by atoms with Crippen LogP contribution in [0.25, 0.3) is 0 Å². The smallest absolute Gasteiger partial charge is 0.257 e. The number of benzene rings is 1. The number of nitrogens with one attached hydrogen (secondary N) is 1. The van der Waals surface area contributed by atoms with Crippen molar-refractivity contribution in [2.24, 2.45) is 0 Å². The molecule has 10 nitrogen and oxygen atoms in total. The van der Waals surface area contributed by atoms with Gasteiger partial charge in [-0.3, -0.25) is 4.79 Å². The highest BCUT2D eigenvalue weighted by Gasteiger charge is 2.28. The highest BCUT2D eigenvalue weighted by atomic mass is 19.2. The maximum atomic E-state index is 13.7. The number of halogens is 4. The average molecular weight is 488 g/mol. The van der Waals surface area contributed by atoms with Gasteiger partial charge in [0.2, 0.25) is 0 Å². The summed E-state index contributed by atoms with van der Waals surface area (Å²) >= 11 is 0. The zero-order chi connectivity index (χ0) is 25.0. The van der Waals surface area contributed by atoms with Crippen LogP contribution in [-0.2, 0) is 18.9 Å². The number of ether oxygens (including phenoxy) is 4. The largest absolute Gasteiger partial charge is 0.394 e. The third kappa shape index (κ3) is 9.00. The van der Waals surface area contributed by atoms with Gasteiger partial charge in [-0.25, -0.2) is 17.6 Å². The first kappa shape index (κ1) is 29.0. The summed E-state index contributed by atoms with van der Waals surface area (Å²) in [7, 11) is 0. The first-order valence-electron chi connectivity index (χ1n) is 9.87. The molecule has 0 aliphatic heterocycles. The molecule has 0 aliphatic carbocycles. The number of anilines is 1. The van der Waals surface area contributed by atoms with Gasteiger partial charge in [-0.2, -0.15) is 0 Å². The Morgan fingerprint density at radius 2 is 1.48 bits per heavy atom. The molecule has 1 aromatic carbocycles. The second kappa shape index (κ2) is 15.0. The summed E-state index contributed by atoms with van der Waals surface area (Å²) in [5, 5.41) is 29.7. The quantitative estimate of drug-likeness (QED) is 0.0693. The molecule has 0 aromatic heterocycles. The van der Waals surface area contributed by atoms with E-state index >= 15 is 0 Å². The van der Waals surface area contributed by atoms with Gasteiger partial charge in [-0.1, -0.05) is 0 Å². The van der Waals surface area contributed by atoms with Crippen molar-refractivity contribution in [2.75, 3.05) is 58.5 Å². The maximum Gasteiger partial charge on any atom is 0.257 e. The van der Waals surface area contributed by atoms with E-state index in [0.29, 0.717) is 0 Å². The number of aliphatic hydroxyl groups is 3. The van der Waals surface area contributed by atoms with Crippen LogP contribution >= 0.6 is 0 Å². The lowest BCUT2D eigenvalue weighted by Gasteiger charge is -2.24. The molecule has 0 saturated heterocycles. The van der Waals surface area contributed by atoms with Crippen LogP contribution in [0.3, 0.4) is 0 Å². The van der Waals surface area contributed by atoms with Crippen molar-refractivity contribution in [3.05, 3.63) is 28.8 Å². The van der Waals surface area contributed by atoms with Gasteiger partial charge in [0.25, 0.3) is 5.91 Å². The molecule has 3 atom stereocenters. The van der Waals surface area contributed by atoms with E-state index in [0.717, 1.165) is 0 Å². The molecule has 33 heavy (non-hydrogen) atoms. The lowest BCUT2D eigenvalue weighted by atomic mass is 10.1. The van der Waals surface area contributed by atoms with E-state index in [1.54, 1.807) is 0 Å². The molecule has 14 heteroatoms. The molecule has 190 valence electrons. The van der Waals surface area contributed by atoms with Crippen molar-refractivity contribution < 1.29 is 56.6 Å². The van der Waals surface area contributed by atoms with E-state index in [1.165, 1.54) is 6.92 Å². The molecule has 0 bridgehead atoms. The van der Waals surface area contributed by atoms with Crippen LogP contribution in [0.1, 0.15) is 17.3 Å². The van der Waals surface area contributed by atoms with Crippen LogP contribution in [0.15, 0.2) is 0 Å². The summed E-state index contributed by atoms with van der Waals surface area (Å²) < 4.78 is 74.9. The summed E-state index contributed by atoms with van der Waals surface area (Å²) in [5.74, 6) is -8.88. The van der Waals surface area contributed by atoms with Gasteiger partial charge in [-0.05, 0) is 6.92 Å². The standard InChI is InChI=1S/C19H28F4N2O8/c1-10(28)11(8-26)33-12(9-27)32-7-6-31-5-4-30-3-2-25-19(29)13-14(20)16(22)18(24)17(23)15(13)21/h10-12,26-28H,2-9,24H2,1H3,(H,25,29). The molecule has 0 radical (unpaired) electrons. The lowest BCUT2D eigenvalue weighted by Crippen LogP contribution is -2.37. The second-order valence-corrected chi connectivity index (χ2v) is 6.61. The number of nitrogen functional groups attached to an aromatic ring is 1. The molecule has 0 aliphatic rings. The molecule has 1 rings (SSSR count). The summed E-state index contributed by atoms with van der Waals surface area (Å²) in [4.78, 5) is 11.8. The summed E-state index contributed by atoms with van der Waals surface area (Å²) in [6.45, 7) is 0.500. The minimum Gasteiger partial charge on any atom is -0.394 e. The van der Waals surface area contributed by atoms with Crippen molar-refractivity contribution in [3.63, 3.8) is 0 Å². The first-order chi connectivity index (χ1) is 15.6. The Bertz CT molecular complexity index is 728. The van der Waals surface area contributed by atoms with E-state index in [9.17, 15) is 27.5 Å². The van der Waals surface area contributed by atoms with Crippen molar-refractivity contribution in [2.45, 2.75) is 25.4 Å². The predicted octanol–water partition coefficient (Wildman–Crippen LogP) is -0.318. The number of hydrogen-bond acceptors (Lipinski definition) is 9. The Balaban J connectivity index is 2.20. The molecule has 0 saturated carbocycles. The molecule has 1 aromatic rings. The van der Waals surface area contributed by atoms with Crippen molar-refractivity contribution >= 4 is 11.6 Å². The number of aliphatic hydroxyl groups excluding tert-OH is 3. The fourth-order valence-electron chi connectivity index (χ4n) is 2.37. The average Bonchev–Trinajstić information content (AvgIpc) is 2.79. The Morgan fingerprint density at radius 1 is 0.939 bits per heavy atom. The Kier molecular flexibility index (Phi) is 13.1. The summed E-state index contributed by atoms with van der Waals surface area (Å²) in [6.07, 6.45) is -2.93. The Labute approximate surface area is 187 Å². The molecule has 0 heterocycles. The van der Waals surface area contributed by atoms with Gasteiger partial charge in [0.05, 0.1) is 52.4 Å². The number of nitrogens with two attached hydrogens (primary N) is 1. The van der Waals surface area contributed by atoms with Gasteiger partial charge < -0.3 is 45.3 Å². The van der Waals surface area contributed by atoms with Gasteiger partial charge in [0, 0.05) is 6.54 Å². The van der Waals surface area contributed by atoms with E-state index in [2.05, 4.69) is 5.32 Å². The zero-order valence-corrected chi connectivity index (χ0v) is 17.9. The van der Waals surface area contributed by atoms with E-state index in [-0.39, 0.29) is 39.6 Å². The van der Waals surface area contributed by atoms with Crippen LogP contribution in [0.5, 0.6) is 0 Å². The Hall–Kier alpha value is -2.07. The minimum absolute atomic E-state index is 0.0328. The highest BCUT2D eigenvalue weighted by Crippen LogP contribution is 2.25. The van der Waals surface area contributed by atoms with Gasteiger partial charge in [0.15, 0.2) is 29.6 Å².